The van der Waals surface area contributed by atoms with Gasteiger partial charge in [-0.15, -0.1) is 0 Å². The van der Waals surface area contributed by atoms with Crippen LogP contribution in [0.5, 0.6) is 0 Å². The van der Waals surface area contributed by atoms with E-state index in [1.54, 1.807) is 12.1 Å². The fourth-order valence-corrected chi connectivity index (χ4v) is 1.64. The molecular formula is C11H13Cl2NO2. The maximum absolute atomic E-state index is 10.4. The zero-order chi connectivity index (χ0) is 12.1. The number of nitrogens with zero attached hydrogens (tertiary/aromatic N) is 1. The van der Waals surface area contributed by atoms with E-state index in [1.807, 2.05) is 18.0 Å². The van der Waals surface area contributed by atoms with Crippen molar-refractivity contribution in [1.29, 1.82) is 0 Å². The lowest BCUT2D eigenvalue weighted by Crippen LogP contribution is -2.21. The highest BCUT2D eigenvalue weighted by atomic mass is 35.5. The van der Waals surface area contributed by atoms with Crippen molar-refractivity contribution in [2.24, 2.45) is 0 Å². The van der Waals surface area contributed by atoms with Gasteiger partial charge in [0.15, 0.2) is 0 Å². The summed E-state index contributed by atoms with van der Waals surface area (Å²) < 4.78 is 0. The van der Waals surface area contributed by atoms with Crippen molar-refractivity contribution in [1.82, 2.24) is 4.90 Å². The van der Waals surface area contributed by atoms with Crippen LogP contribution in [0, 0.1) is 0 Å². The van der Waals surface area contributed by atoms with Crippen LogP contribution in [0.1, 0.15) is 12.0 Å². The summed E-state index contributed by atoms with van der Waals surface area (Å²) in [7, 11) is 1.87. The van der Waals surface area contributed by atoms with Crippen LogP contribution in [0.2, 0.25) is 10.0 Å². The fraction of sp³-hybridized carbons (Fsp3) is 0.364. The minimum Gasteiger partial charge on any atom is -0.481 e. The predicted octanol–water partition coefficient (Wildman–Crippen LogP) is 2.90. The molecule has 0 unspecified atom stereocenters. The van der Waals surface area contributed by atoms with E-state index >= 15 is 0 Å². The van der Waals surface area contributed by atoms with Crippen LogP contribution >= 0.6 is 23.2 Å². The lowest BCUT2D eigenvalue weighted by Gasteiger charge is -2.15. The van der Waals surface area contributed by atoms with Gasteiger partial charge in [0.25, 0.3) is 0 Å². The average Bonchev–Trinajstić information content (AvgIpc) is 2.21. The molecule has 0 radical (unpaired) electrons. The number of benzene rings is 1. The van der Waals surface area contributed by atoms with E-state index in [2.05, 4.69) is 0 Å². The predicted molar refractivity (Wildman–Crippen MR) is 65.0 cm³/mol. The van der Waals surface area contributed by atoms with Crippen LogP contribution in [0.4, 0.5) is 0 Å². The van der Waals surface area contributed by atoms with Crippen LogP contribution in [-0.2, 0) is 11.3 Å². The lowest BCUT2D eigenvalue weighted by atomic mass is 10.2. The Morgan fingerprint density at radius 2 is 2.06 bits per heavy atom. The molecule has 0 aromatic heterocycles. The lowest BCUT2D eigenvalue weighted by molar-refractivity contribution is -0.137. The summed E-state index contributed by atoms with van der Waals surface area (Å²) >= 11 is 11.7. The third-order valence-corrected chi connectivity index (χ3v) is 2.88. The molecule has 0 aliphatic carbocycles. The molecule has 0 aliphatic rings. The second kappa shape index (κ2) is 6.09. The summed E-state index contributed by atoms with van der Waals surface area (Å²) in [5.74, 6) is -0.791. The molecule has 0 atom stereocenters. The Labute approximate surface area is 105 Å². The van der Waals surface area contributed by atoms with E-state index in [-0.39, 0.29) is 6.42 Å². The fourth-order valence-electron chi connectivity index (χ4n) is 1.32. The number of halogens is 2. The van der Waals surface area contributed by atoms with Crippen LogP contribution in [0.25, 0.3) is 0 Å². The number of carboxylic acid groups (broad SMARTS) is 1. The van der Waals surface area contributed by atoms with Gasteiger partial charge in [0, 0.05) is 13.1 Å². The highest BCUT2D eigenvalue weighted by molar-refractivity contribution is 6.42. The number of carboxylic acids is 1. The quantitative estimate of drug-likeness (QED) is 0.886. The normalized spacial score (nSPS) is 10.8. The molecule has 0 fully saturated rings. The van der Waals surface area contributed by atoms with E-state index in [1.165, 1.54) is 0 Å². The Kier molecular flexibility index (Phi) is 5.06. The zero-order valence-corrected chi connectivity index (χ0v) is 10.4. The Morgan fingerprint density at radius 1 is 1.38 bits per heavy atom. The highest BCUT2D eigenvalue weighted by Gasteiger charge is 2.05. The molecule has 88 valence electrons. The van der Waals surface area contributed by atoms with Crippen molar-refractivity contribution in [2.75, 3.05) is 13.6 Å². The van der Waals surface area contributed by atoms with Crippen LogP contribution < -0.4 is 0 Å². The van der Waals surface area contributed by atoms with Gasteiger partial charge in [-0.25, -0.2) is 0 Å². The number of carbonyl (C=O) groups is 1. The van der Waals surface area contributed by atoms with Gasteiger partial charge in [0.05, 0.1) is 16.5 Å². The van der Waals surface area contributed by atoms with Gasteiger partial charge in [0.2, 0.25) is 0 Å². The summed E-state index contributed by atoms with van der Waals surface area (Å²) in [6, 6.07) is 5.41. The van der Waals surface area contributed by atoms with E-state index in [4.69, 9.17) is 28.3 Å². The molecule has 3 nitrogen and oxygen atoms in total. The van der Waals surface area contributed by atoms with Gasteiger partial charge in [-0.2, -0.15) is 0 Å². The van der Waals surface area contributed by atoms with Gasteiger partial charge < -0.3 is 10.0 Å². The molecular weight excluding hydrogens is 249 g/mol. The van der Waals surface area contributed by atoms with Crippen molar-refractivity contribution in [3.63, 3.8) is 0 Å². The molecule has 0 saturated heterocycles. The minimum atomic E-state index is -0.791. The zero-order valence-electron chi connectivity index (χ0n) is 8.91. The Hall–Kier alpha value is -0.770. The summed E-state index contributed by atoms with van der Waals surface area (Å²) in [6.07, 6.45) is 0.137. The van der Waals surface area contributed by atoms with Gasteiger partial charge in [0.1, 0.15) is 0 Å². The van der Waals surface area contributed by atoms with E-state index < -0.39 is 5.97 Å². The van der Waals surface area contributed by atoms with E-state index in [9.17, 15) is 4.79 Å². The highest BCUT2D eigenvalue weighted by Crippen LogP contribution is 2.23. The number of hydrogen-bond acceptors (Lipinski definition) is 2. The molecule has 5 heteroatoms. The summed E-state index contributed by atoms with van der Waals surface area (Å²) in [4.78, 5) is 12.3. The first-order valence-corrected chi connectivity index (χ1v) is 5.59. The molecule has 0 aliphatic heterocycles. The van der Waals surface area contributed by atoms with E-state index in [0.717, 1.165) is 5.56 Å². The number of hydrogen-bond donors (Lipinski definition) is 1. The molecule has 0 spiro atoms. The Morgan fingerprint density at radius 3 is 2.62 bits per heavy atom. The molecule has 0 saturated carbocycles. The van der Waals surface area contributed by atoms with Crippen molar-refractivity contribution >= 4 is 29.2 Å². The third kappa shape index (κ3) is 4.39. The van der Waals surface area contributed by atoms with Crippen LogP contribution in [0.15, 0.2) is 18.2 Å². The summed E-state index contributed by atoms with van der Waals surface area (Å²) in [6.45, 7) is 1.17. The van der Waals surface area contributed by atoms with Crippen molar-refractivity contribution in [3.05, 3.63) is 33.8 Å². The maximum Gasteiger partial charge on any atom is 0.304 e. The summed E-state index contributed by atoms with van der Waals surface area (Å²) in [5, 5.41) is 9.59. The van der Waals surface area contributed by atoms with Crippen LogP contribution in [0.3, 0.4) is 0 Å². The Balaban J connectivity index is 2.52. The average molecular weight is 262 g/mol. The van der Waals surface area contributed by atoms with Crippen molar-refractivity contribution in [2.45, 2.75) is 13.0 Å². The van der Waals surface area contributed by atoms with Gasteiger partial charge in [-0.05, 0) is 24.7 Å². The topological polar surface area (TPSA) is 40.5 Å². The monoisotopic (exact) mass is 261 g/mol. The Bertz CT molecular complexity index is 382. The van der Waals surface area contributed by atoms with Gasteiger partial charge in [-0.3, -0.25) is 4.79 Å². The van der Waals surface area contributed by atoms with Crippen LogP contribution in [-0.4, -0.2) is 29.6 Å². The van der Waals surface area contributed by atoms with Crippen molar-refractivity contribution < 1.29 is 9.90 Å². The molecule has 0 heterocycles. The smallest absolute Gasteiger partial charge is 0.304 e. The SMILES string of the molecule is CN(CCC(=O)O)Cc1ccc(Cl)c(Cl)c1. The van der Waals surface area contributed by atoms with Gasteiger partial charge in [-0.1, -0.05) is 29.3 Å². The second-order valence-corrected chi connectivity index (χ2v) is 4.44. The first-order valence-electron chi connectivity index (χ1n) is 4.83. The molecule has 0 amide bonds. The standard InChI is InChI=1S/C11H13Cl2NO2/c1-14(5-4-11(15)16)7-8-2-3-9(12)10(13)6-8/h2-3,6H,4-5,7H2,1H3,(H,15,16). The summed E-state index contributed by atoms with van der Waals surface area (Å²) in [5.41, 5.74) is 1.02. The molecule has 1 rings (SSSR count). The maximum atomic E-state index is 10.4. The number of rotatable bonds is 5. The minimum absolute atomic E-state index is 0.137. The molecule has 16 heavy (non-hydrogen) atoms. The first-order chi connectivity index (χ1) is 7.49. The molecule has 1 N–H and O–H groups in total. The van der Waals surface area contributed by atoms with Crippen molar-refractivity contribution in [3.8, 4) is 0 Å². The van der Waals surface area contributed by atoms with Gasteiger partial charge >= 0.3 is 5.97 Å². The van der Waals surface area contributed by atoms with E-state index in [0.29, 0.717) is 23.1 Å². The number of aliphatic carboxylic acids is 1. The molecule has 1 aromatic carbocycles. The third-order valence-electron chi connectivity index (χ3n) is 2.14. The molecule has 0 bridgehead atoms. The largest absolute Gasteiger partial charge is 0.481 e. The molecule has 1 aromatic rings. The second-order valence-electron chi connectivity index (χ2n) is 3.63. The first kappa shape index (κ1) is 13.3.